The standard InChI is InChI=1S/C18H11Cl3N2O2/c1-25-13-5-4-12-14(15(13)20)16(21)17(23-12)18(24)8-2-3-11-9(6-8)10(19)7-22-11/h2-7,22-23H,1H3. The number of halogens is 3. The second kappa shape index (κ2) is 5.99. The normalized spacial score (nSPS) is 11.4. The summed E-state index contributed by atoms with van der Waals surface area (Å²) >= 11 is 18.9. The molecule has 0 unspecified atom stereocenters. The maximum Gasteiger partial charge on any atom is 0.210 e. The van der Waals surface area contributed by atoms with Crippen LogP contribution in [0.3, 0.4) is 0 Å². The van der Waals surface area contributed by atoms with Crippen molar-refractivity contribution < 1.29 is 9.53 Å². The molecule has 0 radical (unpaired) electrons. The van der Waals surface area contributed by atoms with Gasteiger partial charge in [-0.25, -0.2) is 0 Å². The molecule has 0 spiro atoms. The number of nitrogens with one attached hydrogen (secondary N) is 2. The van der Waals surface area contributed by atoms with Crippen molar-refractivity contribution in [3.63, 3.8) is 0 Å². The van der Waals surface area contributed by atoms with Crippen molar-refractivity contribution in [3.05, 3.63) is 62.9 Å². The molecule has 0 aliphatic carbocycles. The Balaban J connectivity index is 1.88. The Morgan fingerprint density at radius 2 is 1.80 bits per heavy atom. The number of H-pyrrole nitrogens is 2. The molecule has 2 heterocycles. The summed E-state index contributed by atoms with van der Waals surface area (Å²) in [7, 11) is 1.52. The topological polar surface area (TPSA) is 57.9 Å². The first-order valence-electron chi connectivity index (χ1n) is 7.36. The average molecular weight is 394 g/mol. The molecular formula is C18H11Cl3N2O2. The number of carbonyl (C=O) groups is 1. The Labute approximate surface area is 157 Å². The Kier molecular flexibility index (Phi) is 3.91. The first kappa shape index (κ1) is 16.3. The Hall–Kier alpha value is -2.14. The number of carbonyl (C=O) groups excluding carboxylic acids is 1. The van der Waals surface area contributed by atoms with Crippen molar-refractivity contribution in [2.24, 2.45) is 0 Å². The van der Waals surface area contributed by atoms with Gasteiger partial charge >= 0.3 is 0 Å². The third-order valence-corrected chi connectivity index (χ3v) is 5.21. The van der Waals surface area contributed by atoms with Crippen molar-refractivity contribution in [3.8, 4) is 5.75 Å². The maximum atomic E-state index is 12.9. The largest absolute Gasteiger partial charge is 0.495 e. The van der Waals surface area contributed by atoms with Crippen LogP contribution in [-0.4, -0.2) is 22.9 Å². The SMILES string of the molecule is COc1ccc2[nH]c(C(=O)c3ccc4[nH]cc(Cl)c4c3)c(Cl)c2c1Cl. The van der Waals surface area contributed by atoms with E-state index in [2.05, 4.69) is 9.97 Å². The van der Waals surface area contributed by atoms with E-state index < -0.39 is 0 Å². The van der Waals surface area contributed by atoms with Gasteiger partial charge in [0.05, 0.1) is 22.2 Å². The number of hydrogen-bond acceptors (Lipinski definition) is 2. The summed E-state index contributed by atoms with van der Waals surface area (Å²) in [5.74, 6) is 0.255. The van der Waals surface area contributed by atoms with E-state index in [1.54, 1.807) is 36.5 Å². The highest BCUT2D eigenvalue weighted by atomic mass is 35.5. The fourth-order valence-corrected chi connectivity index (χ4v) is 3.80. The monoisotopic (exact) mass is 392 g/mol. The molecule has 0 amide bonds. The summed E-state index contributed by atoms with van der Waals surface area (Å²) in [6, 6.07) is 8.76. The van der Waals surface area contributed by atoms with Gasteiger partial charge in [0.2, 0.25) is 5.78 Å². The second-order valence-electron chi connectivity index (χ2n) is 5.54. The summed E-state index contributed by atoms with van der Waals surface area (Å²) in [6.07, 6.45) is 1.68. The zero-order valence-electron chi connectivity index (χ0n) is 12.9. The lowest BCUT2D eigenvalue weighted by atomic mass is 10.1. The number of aromatic nitrogens is 2. The third kappa shape index (κ3) is 2.49. The summed E-state index contributed by atoms with van der Waals surface area (Å²) in [5, 5.41) is 2.53. The molecule has 0 saturated heterocycles. The van der Waals surface area contributed by atoms with Crippen molar-refractivity contribution in [1.82, 2.24) is 9.97 Å². The van der Waals surface area contributed by atoms with Gasteiger partial charge in [-0.3, -0.25) is 4.79 Å². The highest BCUT2D eigenvalue weighted by molar-refractivity contribution is 6.45. The van der Waals surface area contributed by atoms with Crippen molar-refractivity contribution >= 4 is 62.4 Å². The van der Waals surface area contributed by atoms with E-state index in [1.807, 2.05) is 0 Å². The Morgan fingerprint density at radius 1 is 1.04 bits per heavy atom. The molecule has 25 heavy (non-hydrogen) atoms. The van der Waals surface area contributed by atoms with E-state index in [4.69, 9.17) is 39.5 Å². The molecule has 7 heteroatoms. The molecule has 0 aliphatic heterocycles. The second-order valence-corrected chi connectivity index (χ2v) is 6.71. The van der Waals surface area contributed by atoms with Crippen LogP contribution in [0.15, 0.2) is 36.5 Å². The Morgan fingerprint density at radius 3 is 2.56 bits per heavy atom. The first-order chi connectivity index (χ1) is 12.0. The molecule has 4 nitrogen and oxygen atoms in total. The van der Waals surface area contributed by atoms with Crippen LogP contribution in [0, 0.1) is 0 Å². The molecule has 126 valence electrons. The van der Waals surface area contributed by atoms with Crippen molar-refractivity contribution in [2.75, 3.05) is 7.11 Å². The van der Waals surface area contributed by atoms with Crippen LogP contribution in [0.5, 0.6) is 5.75 Å². The summed E-state index contributed by atoms with van der Waals surface area (Å²) in [6.45, 7) is 0. The Bertz CT molecular complexity index is 1140. The number of ether oxygens (including phenoxy) is 1. The van der Waals surface area contributed by atoms with Gasteiger partial charge in [-0.2, -0.15) is 0 Å². The summed E-state index contributed by atoms with van der Waals surface area (Å²) in [5.41, 5.74) is 2.28. The minimum atomic E-state index is -0.240. The van der Waals surface area contributed by atoms with Crippen LogP contribution in [0.25, 0.3) is 21.8 Å². The fraction of sp³-hybridized carbons (Fsp3) is 0.0556. The molecule has 0 bridgehead atoms. The number of fused-ring (bicyclic) bond motifs is 2. The number of rotatable bonds is 3. The maximum absolute atomic E-state index is 12.9. The van der Waals surface area contributed by atoms with Gasteiger partial charge in [0.15, 0.2) is 0 Å². The lowest BCUT2D eigenvalue weighted by molar-refractivity contribution is 0.103. The average Bonchev–Trinajstić information content (AvgIpc) is 3.15. The minimum Gasteiger partial charge on any atom is -0.495 e. The molecule has 0 fully saturated rings. The quantitative estimate of drug-likeness (QED) is 0.429. The van der Waals surface area contributed by atoms with Crippen LogP contribution in [0.2, 0.25) is 15.1 Å². The van der Waals surface area contributed by atoms with Gasteiger partial charge in [0.1, 0.15) is 11.4 Å². The zero-order valence-corrected chi connectivity index (χ0v) is 15.2. The van der Waals surface area contributed by atoms with Gasteiger partial charge in [0.25, 0.3) is 0 Å². The van der Waals surface area contributed by atoms with Gasteiger partial charge in [-0.1, -0.05) is 34.8 Å². The number of methoxy groups -OCH3 is 1. The summed E-state index contributed by atoms with van der Waals surface area (Å²) in [4.78, 5) is 19.0. The van der Waals surface area contributed by atoms with Crippen LogP contribution >= 0.6 is 34.8 Å². The smallest absolute Gasteiger partial charge is 0.210 e. The van der Waals surface area contributed by atoms with E-state index in [1.165, 1.54) is 7.11 Å². The van der Waals surface area contributed by atoms with Gasteiger partial charge < -0.3 is 14.7 Å². The zero-order chi connectivity index (χ0) is 17.7. The number of benzene rings is 2. The molecule has 2 aromatic carbocycles. The molecule has 4 rings (SSSR count). The van der Waals surface area contributed by atoms with Crippen LogP contribution in [-0.2, 0) is 0 Å². The lowest BCUT2D eigenvalue weighted by Gasteiger charge is -2.03. The van der Waals surface area contributed by atoms with E-state index >= 15 is 0 Å². The third-order valence-electron chi connectivity index (χ3n) is 4.15. The number of ketones is 1. The molecule has 4 aromatic rings. The lowest BCUT2D eigenvalue weighted by Crippen LogP contribution is -2.02. The molecule has 2 N–H and O–H groups in total. The molecule has 0 saturated carbocycles. The predicted octanol–water partition coefficient (Wildman–Crippen LogP) is 5.85. The minimum absolute atomic E-state index is 0.240. The molecule has 0 atom stereocenters. The van der Waals surface area contributed by atoms with Crippen LogP contribution in [0.1, 0.15) is 16.1 Å². The van der Waals surface area contributed by atoms with Gasteiger partial charge in [-0.05, 0) is 30.3 Å². The van der Waals surface area contributed by atoms with Crippen LogP contribution < -0.4 is 4.74 Å². The van der Waals surface area contributed by atoms with Gasteiger partial charge in [-0.15, -0.1) is 0 Å². The van der Waals surface area contributed by atoms with Gasteiger partial charge in [0, 0.05) is 33.6 Å². The fourth-order valence-electron chi connectivity index (χ4n) is 2.88. The number of hydrogen-bond donors (Lipinski definition) is 2. The van der Waals surface area contributed by atoms with Crippen molar-refractivity contribution in [2.45, 2.75) is 0 Å². The van der Waals surface area contributed by atoms with E-state index in [9.17, 15) is 4.79 Å². The van der Waals surface area contributed by atoms with Crippen molar-refractivity contribution in [1.29, 1.82) is 0 Å². The molecular weight excluding hydrogens is 383 g/mol. The molecule has 2 aromatic heterocycles. The highest BCUT2D eigenvalue weighted by Gasteiger charge is 2.21. The highest BCUT2D eigenvalue weighted by Crippen LogP contribution is 2.39. The molecule has 0 aliphatic rings. The predicted molar refractivity (Wildman–Crippen MR) is 102 cm³/mol. The summed E-state index contributed by atoms with van der Waals surface area (Å²) < 4.78 is 5.21. The number of aromatic amines is 2. The van der Waals surface area contributed by atoms with E-state index in [0.717, 1.165) is 10.9 Å². The van der Waals surface area contributed by atoms with E-state index in [0.29, 0.717) is 32.3 Å². The van der Waals surface area contributed by atoms with Crippen LogP contribution in [0.4, 0.5) is 0 Å². The van der Waals surface area contributed by atoms with E-state index in [-0.39, 0.29) is 16.5 Å². The first-order valence-corrected chi connectivity index (χ1v) is 8.49.